The van der Waals surface area contributed by atoms with Crippen molar-refractivity contribution in [3.8, 4) is 0 Å². The van der Waals surface area contributed by atoms with Gasteiger partial charge in [-0.25, -0.2) is 0 Å². The van der Waals surface area contributed by atoms with Gasteiger partial charge in [0.2, 0.25) is 0 Å². The van der Waals surface area contributed by atoms with Crippen molar-refractivity contribution in [3.05, 3.63) is 63.2 Å². The van der Waals surface area contributed by atoms with Gasteiger partial charge in [-0.15, -0.1) is 0 Å². The Morgan fingerprint density at radius 2 is 2.04 bits per heavy atom. The highest BCUT2D eigenvalue weighted by Gasteiger charge is 2.27. The molecule has 8 heteroatoms. The summed E-state index contributed by atoms with van der Waals surface area (Å²) in [6.07, 6.45) is 0.872. The van der Waals surface area contributed by atoms with Crippen molar-refractivity contribution in [2.75, 3.05) is 20.1 Å². The minimum atomic E-state index is -0.482. The van der Waals surface area contributed by atoms with Crippen LogP contribution in [0.3, 0.4) is 0 Å². The molecule has 1 atom stereocenters. The lowest BCUT2D eigenvalue weighted by Gasteiger charge is -2.24. The molecule has 2 aromatic carbocycles. The van der Waals surface area contributed by atoms with Gasteiger partial charge < -0.3 is 10.2 Å². The van der Waals surface area contributed by atoms with E-state index in [1.165, 1.54) is 23.9 Å². The van der Waals surface area contributed by atoms with Crippen LogP contribution in [-0.4, -0.2) is 41.9 Å². The van der Waals surface area contributed by atoms with E-state index >= 15 is 0 Å². The minimum absolute atomic E-state index is 0.0910. The average molecular weight is 392 g/mol. The van der Waals surface area contributed by atoms with Gasteiger partial charge in [-0.3, -0.25) is 14.9 Å². The van der Waals surface area contributed by atoms with E-state index in [9.17, 15) is 14.9 Å². The largest absolute Gasteiger partial charge is 0.337 e. The van der Waals surface area contributed by atoms with Gasteiger partial charge in [0.25, 0.3) is 11.6 Å². The number of amides is 1. The smallest absolute Gasteiger partial charge is 0.270 e. The predicted molar refractivity (Wildman–Crippen MR) is 102 cm³/mol. The van der Waals surface area contributed by atoms with Crippen molar-refractivity contribution >= 4 is 35.0 Å². The number of nitro benzene ring substituents is 1. The number of nitro groups is 1. The first-order valence-corrected chi connectivity index (χ1v) is 9.35. The lowest BCUT2D eigenvalue weighted by Crippen LogP contribution is -2.38. The van der Waals surface area contributed by atoms with Crippen LogP contribution in [0.25, 0.3) is 0 Å². The van der Waals surface area contributed by atoms with Crippen molar-refractivity contribution in [1.82, 2.24) is 10.2 Å². The molecule has 1 aliphatic heterocycles. The van der Waals surface area contributed by atoms with Crippen LogP contribution in [0.4, 0.5) is 5.69 Å². The van der Waals surface area contributed by atoms with E-state index in [0.29, 0.717) is 15.5 Å². The normalized spacial score (nSPS) is 16.5. The number of non-ortho nitro benzene ring substituents is 1. The monoisotopic (exact) mass is 391 g/mol. The summed E-state index contributed by atoms with van der Waals surface area (Å²) in [6.45, 7) is 1.60. The Kier molecular flexibility index (Phi) is 5.80. The molecule has 0 spiro atoms. The predicted octanol–water partition coefficient (Wildman–Crippen LogP) is 3.83. The molecule has 2 aromatic rings. The maximum absolute atomic E-state index is 13.0. The van der Waals surface area contributed by atoms with Crippen LogP contribution >= 0.6 is 23.4 Å². The van der Waals surface area contributed by atoms with Gasteiger partial charge in [-0.2, -0.15) is 0 Å². The molecular formula is C18H18ClN3O3S. The zero-order valence-electron chi connectivity index (χ0n) is 14.1. The topological polar surface area (TPSA) is 75.5 Å². The number of benzene rings is 2. The first-order chi connectivity index (χ1) is 12.5. The molecule has 1 amide bonds. The van der Waals surface area contributed by atoms with Gasteiger partial charge in [0.05, 0.1) is 10.5 Å². The van der Waals surface area contributed by atoms with Crippen molar-refractivity contribution in [2.45, 2.75) is 22.3 Å². The SMILES string of the molecule is CN(C(=O)c1cc([N+](=O)[O-])ccc1Sc1ccc(Cl)cc1)C1CCNC1. The van der Waals surface area contributed by atoms with E-state index < -0.39 is 4.92 Å². The minimum Gasteiger partial charge on any atom is -0.337 e. The Bertz CT molecular complexity index is 823. The molecule has 1 saturated heterocycles. The maximum atomic E-state index is 13.0. The van der Waals surface area contributed by atoms with Crippen molar-refractivity contribution in [1.29, 1.82) is 0 Å². The summed E-state index contributed by atoms with van der Waals surface area (Å²) in [6, 6.07) is 11.8. The lowest BCUT2D eigenvalue weighted by atomic mass is 10.1. The van der Waals surface area contributed by atoms with Crippen LogP contribution in [0.5, 0.6) is 0 Å². The van der Waals surface area contributed by atoms with E-state index in [2.05, 4.69) is 5.32 Å². The Hall–Kier alpha value is -2.09. The lowest BCUT2D eigenvalue weighted by molar-refractivity contribution is -0.384. The number of carbonyl (C=O) groups excluding carboxylic acids is 1. The van der Waals surface area contributed by atoms with Gasteiger partial charge >= 0.3 is 0 Å². The van der Waals surface area contributed by atoms with E-state index in [0.717, 1.165) is 24.4 Å². The maximum Gasteiger partial charge on any atom is 0.270 e. The Balaban J connectivity index is 1.94. The molecule has 0 radical (unpaired) electrons. The molecule has 1 heterocycles. The number of carbonyl (C=O) groups is 1. The fourth-order valence-corrected chi connectivity index (χ4v) is 3.89. The molecule has 1 N–H and O–H groups in total. The van der Waals surface area contributed by atoms with E-state index in [1.807, 2.05) is 12.1 Å². The molecular weight excluding hydrogens is 374 g/mol. The summed E-state index contributed by atoms with van der Waals surface area (Å²) in [5.41, 5.74) is 0.250. The second kappa shape index (κ2) is 8.07. The molecule has 6 nitrogen and oxygen atoms in total. The summed E-state index contributed by atoms with van der Waals surface area (Å²) >= 11 is 7.30. The second-order valence-electron chi connectivity index (χ2n) is 6.06. The molecule has 26 heavy (non-hydrogen) atoms. The highest BCUT2D eigenvalue weighted by Crippen LogP contribution is 2.34. The zero-order chi connectivity index (χ0) is 18.7. The summed E-state index contributed by atoms with van der Waals surface area (Å²) in [5.74, 6) is -0.209. The number of likely N-dealkylation sites (N-methyl/N-ethyl adjacent to an activating group) is 1. The number of hydrogen-bond acceptors (Lipinski definition) is 5. The van der Waals surface area contributed by atoms with Crippen molar-refractivity contribution in [3.63, 3.8) is 0 Å². The summed E-state index contributed by atoms with van der Waals surface area (Å²) in [5, 5.41) is 15.0. The molecule has 0 aliphatic carbocycles. The number of nitrogens with zero attached hydrogens (tertiary/aromatic N) is 2. The Morgan fingerprint density at radius 1 is 1.31 bits per heavy atom. The van der Waals surface area contributed by atoms with E-state index in [-0.39, 0.29) is 17.6 Å². The zero-order valence-corrected chi connectivity index (χ0v) is 15.7. The third-order valence-corrected chi connectivity index (χ3v) is 5.68. The average Bonchev–Trinajstić information content (AvgIpc) is 3.17. The summed E-state index contributed by atoms with van der Waals surface area (Å²) in [7, 11) is 1.75. The second-order valence-corrected chi connectivity index (χ2v) is 7.61. The summed E-state index contributed by atoms with van der Waals surface area (Å²) < 4.78 is 0. The number of rotatable bonds is 5. The Morgan fingerprint density at radius 3 is 2.65 bits per heavy atom. The molecule has 1 aliphatic rings. The highest BCUT2D eigenvalue weighted by molar-refractivity contribution is 7.99. The van der Waals surface area contributed by atoms with E-state index in [4.69, 9.17) is 11.6 Å². The quantitative estimate of drug-likeness (QED) is 0.619. The Labute approximate surface area is 160 Å². The molecule has 136 valence electrons. The van der Waals surface area contributed by atoms with Crippen LogP contribution in [0.2, 0.25) is 5.02 Å². The van der Waals surface area contributed by atoms with Gasteiger partial charge in [-0.05, 0) is 43.3 Å². The third-order valence-electron chi connectivity index (χ3n) is 4.35. The van der Waals surface area contributed by atoms with Gasteiger partial charge in [0, 0.05) is 46.6 Å². The fraction of sp³-hybridized carbons (Fsp3) is 0.278. The van der Waals surface area contributed by atoms with Gasteiger partial charge in [-0.1, -0.05) is 23.4 Å². The van der Waals surface area contributed by atoms with Crippen LogP contribution in [0, 0.1) is 10.1 Å². The number of halogens is 1. The third kappa shape index (κ3) is 4.17. The molecule has 1 unspecified atom stereocenters. The van der Waals surface area contributed by atoms with Crippen LogP contribution in [0.15, 0.2) is 52.3 Å². The van der Waals surface area contributed by atoms with Crippen LogP contribution < -0.4 is 5.32 Å². The van der Waals surface area contributed by atoms with Crippen LogP contribution in [-0.2, 0) is 0 Å². The van der Waals surface area contributed by atoms with Crippen molar-refractivity contribution in [2.24, 2.45) is 0 Å². The first-order valence-electron chi connectivity index (χ1n) is 8.15. The van der Waals surface area contributed by atoms with Gasteiger partial charge in [0.15, 0.2) is 0 Å². The van der Waals surface area contributed by atoms with Gasteiger partial charge in [0.1, 0.15) is 0 Å². The first kappa shape index (κ1) is 18.7. The summed E-state index contributed by atoms with van der Waals surface area (Å²) in [4.78, 5) is 26.9. The molecule has 0 saturated carbocycles. The van der Waals surface area contributed by atoms with Crippen molar-refractivity contribution < 1.29 is 9.72 Å². The van der Waals surface area contributed by atoms with E-state index in [1.54, 1.807) is 30.1 Å². The standard InChI is InChI=1S/C18H18ClN3O3S/c1-21(14-8-9-20-11-14)18(23)16-10-13(22(24)25)4-7-17(16)26-15-5-2-12(19)3-6-15/h2-7,10,14,20H,8-9,11H2,1H3. The molecule has 1 fully saturated rings. The highest BCUT2D eigenvalue weighted by atomic mass is 35.5. The molecule has 3 rings (SSSR count). The molecule has 0 bridgehead atoms. The van der Waals surface area contributed by atoms with Crippen LogP contribution in [0.1, 0.15) is 16.8 Å². The number of nitrogens with one attached hydrogen (secondary N) is 1. The molecule has 0 aromatic heterocycles. The fourth-order valence-electron chi connectivity index (χ4n) is 2.84. The number of hydrogen-bond donors (Lipinski definition) is 1.